The van der Waals surface area contributed by atoms with Gasteiger partial charge in [-0.15, -0.1) is 11.3 Å². The largest absolute Gasteiger partial charge is 0.487 e. The predicted molar refractivity (Wildman–Crippen MR) is 86.7 cm³/mol. The minimum absolute atomic E-state index is 0.160. The van der Waals surface area contributed by atoms with Crippen molar-refractivity contribution in [3.8, 4) is 5.75 Å². The second-order valence-electron chi connectivity index (χ2n) is 5.63. The molecule has 0 radical (unpaired) electrons. The summed E-state index contributed by atoms with van der Waals surface area (Å²) in [6.45, 7) is 2.71. The molecule has 112 valence electrons. The molecule has 21 heavy (non-hydrogen) atoms. The maximum Gasteiger partial charge on any atom is 0.131 e. The van der Waals surface area contributed by atoms with Crippen LogP contribution in [0.2, 0.25) is 0 Å². The van der Waals surface area contributed by atoms with Crippen molar-refractivity contribution in [1.82, 2.24) is 4.98 Å². The Morgan fingerprint density at radius 2 is 2.33 bits per heavy atom. The first-order valence-electron chi connectivity index (χ1n) is 7.70. The van der Waals surface area contributed by atoms with Crippen molar-refractivity contribution in [2.75, 3.05) is 0 Å². The van der Waals surface area contributed by atoms with E-state index in [-0.39, 0.29) is 6.04 Å². The Morgan fingerprint density at radius 3 is 3.19 bits per heavy atom. The predicted octanol–water partition coefficient (Wildman–Crippen LogP) is 4.01. The van der Waals surface area contributed by atoms with Crippen molar-refractivity contribution in [3.63, 3.8) is 0 Å². The third-order valence-corrected chi connectivity index (χ3v) is 4.89. The van der Waals surface area contributed by atoms with E-state index in [1.807, 2.05) is 0 Å². The van der Waals surface area contributed by atoms with Crippen LogP contribution in [0.15, 0.2) is 23.6 Å². The van der Waals surface area contributed by atoms with E-state index < -0.39 is 0 Å². The Kier molecular flexibility index (Phi) is 4.56. The molecule has 0 aliphatic heterocycles. The van der Waals surface area contributed by atoms with Crippen molar-refractivity contribution >= 4 is 11.3 Å². The fraction of sp³-hybridized carbons (Fsp3) is 0.471. The summed E-state index contributed by atoms with van der Waals surface area (Å²) >= 11 is 1.72. The Hall–Kier alpha value is -1.39. The van der Waals surface area contributed by atoms with E-state index in [1.165, 1.54) is 22.6 Å². The van der Waals surface area contributed by atoms with Crippen molar-refractivity contribution in [2.24, 2.45) is 5.73 Å². The highest BCUT2D eigenvalue weighted by molar-refractivity contribution is 7.09. The SMILES string of the molecule is CCCc1nc(COc2ccc3c(c2)[C@H](N)CCC3)cs1. The number of aryl methyl sites for hydroxylation is 2. The van der Waals surface area contributed by atoms with Crippen LogP contribution in [0.4, 0.5) is 0 Å². The lowest BCUT2D eigenvalue weighted by Gasteiger charge is -2.22. The molecule has 2 N–H and O–H groups in total. The van der Waals surface area contributed by atoms with Gasteiger partial charge >= 0.3 is 0 Å². The highest BCUT2D eigenvalue weighted by atomic mass is 32.1. The van der Waals surface area contributed by atoms with E-state index in [9.17, 15) is 0 Å². The molecule has 0 amide bonds. The summed E-state index contributed by atoms with van der Waals surface area (Å²) in [7, 11) is 0. The number of thiazole rings is 1. The molecule has 3 rings (SSSR count). The molecule has 1 aliphatic rings. The first-order chi connectivity index (χ1) is 10.3. The molecule has 2 aromatic rings. The van der Waals surface area contributed by atoms with Gasteiger partial charge in [0, 0.05) is 11.4 Å². The molecule has 1 aromatic heterocycles. The van der Waals surface area contributed by atoms with Crippen molar-refractivity contribution in [3.05, 3.63) is 45.4 Å². The zero-order valence-electron chi connectivity index (χ0n) is 12.5. The maximum absolute atomic E-state index is 6.19. The van der Waals surface area contributed by atoms with E-state index >= 15 is 0 Å². The summed E-state index contributed by atoms with van der Waals surface area (Å²) in [5.74, 6) is 0.899. The van der Waals surface area contributed by atoms with Crippen molar-refractivity contribution in [2.45, 2.75) is 51.7 Å². The number of hydrogen-bond acceptors (Lipinski definition) is 4. The number of nitrogens with two attached hydrogens (primary N) is 1. The number of fused-ring (bicyclic) bond motifs is 1. The third-order valence-electron chi connectivity index (χ3n) is 3.93. The lowest BCUT2D eigenvalue weighted by atomic mass is 9.88. The summed E-state index contributed by atoms with van der Waals surface area (Å²) in [5.41, 5.74) is 9.84. The van der Waals surface area contributed by atoms with Crippen LogP contribution in [0, 0.1) is 0 Å². The number of ether oxygens (including phenoxy) is 1. The quantitative estimate of drug-likeness (QED) is 0.907. The Bertz CT molecular complexity index is 609. The highest BCUT2D eigenvalue weighted by Gasteiger charge is 2.17. The summed E-state index contributed by atoms with van der Waals surface area (Å²) in [4.78, 5) is 4.59. The van der Waals surface area contributed by atoms with Gasteiger partial charge in [-0.1, -0.05) is 13.0 Å². The van der Waals surface area contributed by atoms with E-state index in [0.717, 1.165) is 37.1 Å². The molecular weight excluding hydrogens is 280 g/mol. The molecule has 1 heterocycles. The van der Waals surface area contributed by atoms with Gasteiger partial charge in [0.05, 0.1) is 10.7 Å². The molecule has 0 spiro atoms. The Labute approximate surface area is 130 Å². The molecule has 0 saturated carbocycles. The average Bonchev–Trinajstić information content (AvgIpc) is 2.94. The summed E-state index contributed by atoms with van der Waals surface area (Å²) < 4.78 is 5.89. The second-order valence-corrected chi connectivity index (χ2v) is 6.57. The maximum atomic E-state index is 6.19. The summed E-state index contributed by atoms with van der Waals surface area (Å²) in [6.07, 6.45) is 5.58. The van der Waals surface area contributed by atoms with Gasteiger partial charge in [0.1, 0.15) is 12.4 Å². The molecule has 1 atom stereocenters. The summed E-state index contributed by atoms with van der Waals surface area (Å²) in [6, 6.07) is 6.48. The van der Waals surface area contributed by atoms with E-state index in [4.69, 9.17) is 10.5 Å². The van der Waals surface area contributed by atoms with Crippen LogP contribution < -0.4 is 10.5 Å². The number of rotatable bonds is 5. The van der Waals surface area contributed by atoms with Crippen LogP contribution in [-0.4, -0.2) is 4.98 Å². The third kappa shape index (κ3) is 3.44. The van der Waals surface area contributed by atoms with Crippen molar-refractivity contribution in [1.29, 1.82) is 0 Å². The van der Waals surface area contributed by atoms with Crippen LogP contribution in [-0.2, 0) is 19.4 Å². The molecule has 4 heteroatoms. The molecule has 3 nitrogen and oxygen atoms in total. The first-order valence-corrected chi connectivity index (χ1v) is 8.58. The molecule has 0 saturated heterocycles. The van der Waals surface area contributed by atoms with Crippen LogP contribution in [0.25, 0.3) is 0 Å². The zero-order valence-corrected chi connectivity index (χ0v) is 13.3. The molecule has 0 fully saturated rings. The monoisotopic (exact) mass is 302 g/mol. The Morgan fingerprint density at radius 1 is 1.43 bits per heavy atom. The number of hydrogen-bond donors (Lipinski definition) is 1. The second kappa shape index (κ2) is 6.58. The molecule has 0 unspecified atom stereocenters. The lowest BCUT2D eigenvalue weighted by Crippen LogP contribution is -2.17. The number of nitrogens with zero attached hydrogens (tertiary/aromatic N) is 1. The smallest absolute Gasteiger partial charge is 0.131 e. The van der Waals surface area contributed by atoms with Crippen molar-refractivity contribution < 1.29 is 4.74 Å². The molecular formula is C17H22N2OS. The van der Waals surface area contributed by atoms with Crippen LogP contribution >= 0.6 is 11.3 Å². The van der Waals surface area contributed by atoms with E-state index in [2.05, 4.69) is 35.5 Å². The minimum Gasteiger partial charge on any atom is -0.487 e. The fourth-order valence-electron chi connectivity index (χ4n) is 2.80. The van der Waals surface area contributed by atoms with Gasteiger partial charge in [0.25, 0.3) is 0 Å². The molecule has 0 bridgehead atoms. The van der Waals surface area contributed by atoms with Gasteiger partial charge in [-0.25, -0.2) is 4.98 Å². The van der Waals surface area contributed by atoms with Crippen LogP contribution in [0.3, 0.4) is 0 Å². The van der Waals surface area contributed by atoms with Gasteiger partial charge in [-0.2, -0.15) is 0 Å². The Balaban J connectivity index is 1.66. The normalized spacial score (nSPS) is 17.5. The van der Waals surface area contributed by atoms with Gasteiger partial charge < -0.3 is 10.5 Å². The van der Waals surface area contributed by atoms with E-state index in [0.29, 0.717) is 6.61 Å². The number of benzene rings is 1. The minimum atomic E-state index is 0.160. The summed E-state index contributed by atoms with van der Waals surface area (Å²) in [5, 5.41) is 3.29. The van der Waals surface area contributed by atoms with Crippen LogP contribution in [0.1, 0.15) is 54.1 Å². The van der Waals surface area contributed by atoms with Gasteiger partial charge in [0.15, 0.2) is 0 Å². The van der Waals surface area contributed by atoms with E-state index in [1.54, 1.807) is 11.3 Å². The topological polar surface area (TPSA) is 48.1 Å². The fourth-order valence-corrected chi connectivity index (χ4v) is 3.69. The van der Waals surface area contributed by atoms with Crippen LogP contribution in [0.5, 0.6) is 5.75 Å². The zero-order chi connectivity index (χ0) is 14.7. The highest BCUT2D eigenvalue weighted by Crippen LogP contribution is 2.31. The average molecular weight is 302 g/mol. The molecule has 1 aromatic carbocycles. The number of aromatic nitrogens is 1. The van der Waals surface area contributed by atoms with Gasteiger partial charge in [-0.05, 0) is 55.4 Å². The van der Waals surface area contributed by atoms with Gasteiger partial charge in [-0.3, -0.25) is 0 Å². The standard InChI is InChI=1S/C17H22N2OS/c1-2-4-17-19-13(11-21-17)10-20-14-8-7-12-5-3-6-16(18)15(12)9-14/h7-9,11,16H,2-6,10,18H2,1H3/t16-/m1/s1. The lowest BCUT2D eigenvalue weighted by molar-refractivity contribution is 0.301. The first kappa shape index (κ1) is 14.5. The molecule has 1 aliphatic carbocycles. The van der Waals surface area contributed by atoms with Gasteiger partial charge in [0.2, 0.25) is 0 Å².